The van der Waals surface area contributed by atoms with Crippen molar-refractivity contribution in [2.45, 2.75) is 71.6 Å². The minimum atomic E-state index is -0.915. The molecule has 0 aliphatic carbocycles. The predicted molar refractivity (Wildman–Crippen MR) is 113 cm³/mol. The smallest absolute Gasteiger partial charge is 0.215 e. The Bertz CT molecular complexity index is 613. The Balaban J connectivity index is 0.00000176. The standard InChI is InChI=1S/C20H30N2O3.C2H6/c1-14(2)17-18(24-4)22-20(3,19(21-17)25-5)16(23)13-9-12-15-10-7-6-8-11-15;1-2/h6-8,10-11,14,16-17,23H,9,12-13H2,1-5H3;1-2H3/t16-,17?,20+;/m1./s1. The molecule has 152 valence electrons. The number of ether oxygens (including phenoxy) is 2. The van der Waals surface area contributed by atoms with Gasteiger partial charge < -0.3 is 14.6 Å². The maximum Gasteiger partial charge on any atom is 0.215 e. The highest BCUT2D eigenvalue weighted by Gasteiger charge is 2.44. The number of benzene rings is 1. The largest absolute Gasteiger partial charge is 0.483 e. The van der Waals surface area contributed by atoms with Gasteiger partial charge in [-0.05, 0) is 37.7 Å². The molecule has 5 nitrogen and oxygen atoms in total. The third-order valence-electron chi connectivity index (χ3n) is 4.75. The van der Waals surface area contributed by atoms with Crippen LogP contribution in [0, 0.1) is 5.92 Å². The Morgan fingerprint density at radius 1 is 1.11 bits per heavy atom. The maximum atomic E-state index is 10.8. The van der Waals surface area contributed by atoms with Gasteiger partial charge in [0.2, 0.25) is 11.8 Å². The molecule has 5 heteroatoms. The summed E-state index contributed by atoms with van der Waals surface area (Å²) < 4.78 is 10.9. The summed E-state index contributed by atoms with van der Waals surface area (Å²) in [6, 6.07) is 10.1. The molecule has 1 N–H and O–H groups in total. The average Bonchev–Trinajstić information content (AvgIpc) is 2.69. The van der Waals surface area contributed by atoms with Crippen molar-refractivity contribution in [3.8, 4) is 0 Å². The van der Waals surface area contributed by atoms with E-state index in [9.17, 15) is 5.11 Å². The Hall–Kier alpha value is -1.88. The fourth-order valence-electron chi connectivity index (χ4n) is 3.16. The molecule has 0 amide bonds. The molecule has 0 bridgehead atoms. The van der Waals surface area contributed by atoms with Crippen LogP contribution in [0.3, 0.4) is 0 Å². The SMILES string of the molecule is CC.COC1=N[C@@](C)([C@H](O)CCCc2ccccc2)C(OC)=NC1C(C)C. The minimum absolute atomic E-state index is 0.176. The summed E-state index contributed by atoms with van der Waals surface area (Å²) in [6.07, 6.45) is 1.71. The number of hydrogen-bond acceptors (Lipinski definition) is 5. The van der Waals surface area contributed by atoms with E-state index >= 15 is 0 Å². The van der Waals surface area contributed by atoms with Gasteiger partial charge in [0.25, 0.3) is 0 Å². The van der Waals surface area contributed by atoms with Gasteiger partial charge in [-0.25, -0.2) is 9.98 Å². The highest BCUT2D eigenvalue weighted by atomic mass is 16.5. The van der Waals surface area contributed by atoms with Crippen molar-refractivity contribution in [3.63, 3.8) is 0 Å². The molecule has 1 aromatic carbocycles. The van der Waals surface area contributed by atoms with Gasteiger partial charge >= 0.3 is 0 Å². The van der Waals surface area contributed by atoms with Crippen LogP contribution in [0.4, 0.5) is 0 Å². The highest BCUT2D eigenvalue weighted by Crippen LogP contribution is 2.29. The third-order valence-corrected chi connectivity index (χ3v) is 4.75. The van der Waals surface area contributed by atoms with Crippen molar-refractivity contribution in [2.75, 3.05) is 14.2 Å². The lowest BCUT2D eigenvalue weighted by Gasteiger charge is -2.36. The molecule has 0 aromatic heterocycles. The topological polar surface area (TPSA) is 63.4 Å². The van der Waals surface area contributed by atoms with Crippen molar-refractivity contribution < 1.29 is 14.6 Å². The fourth-order valence-corrected chi connectivity index (χ4v) is 3.16. The van der Waals surface area contributed by atoms with Gasteiger partial charge in [0.05, 0.1) is 20.3 Å². The van der Waals surface area contributed by atoms with E-state index in [1.165, 1.54) is 5.56 Å². The molecule has 0 spiro atoms. The number of methoxy groups -OCH3 is 2. The van der Waals surface area contributed by atoms with Gasteiger partial charge in [0, 0.05) is 0 Å². The summed E-state index contributed by atoms with van der Waals surface area (Å²) in [5.41, 5.74) is 0.354. The molecule has 1 heterocycles. The second kappa shape index (κ2) is 11.1. The van der Waals surface area contributed by atoms with Crippen LogP contribution in [0.2, 0.25) is 0 Å². The zero-order valence-electron chi connectivity index (χ0n) is 17.9. The Morgan fingerprint density at radius 2 is 1.74 bits per heavy atom. The van der Waals surface area contributed by atoms with Crippen LogP contribution in [0.25, 0.3) is 0 Å². The zero-order chi connectivity index (χ0) is 20.4. The molecule has 2 rings (SSSR count). The van der Waals surface area contributed by atoms with E-state index < -0.39 is 11.6 Å². The Morgan fingerprint density at radius 3 is 2.26 bits per heavy atom. The van der Waals surface area contributed by atoms with E-state index in [0.29, 0.717) is 18.2 Å². The molecule has 0 fully saturated rings. The molecule has 0 saturated heterocycles. The van der Waals surface area contributed by atoms with Crippen molar-refractivity contribution in [3.05, 3.63) is 35.9 Å². The summed E-state index contributed by atoms with van der Waals surface area (Å²) in [5, 5.41) is 10.8. The minimum Gasteiger partial charge on any atom is -0.483 e. The van der Waals surface area contributed by atoms with Crippen LogP contribution in [-0.2, 0) is 15.9 Å². The zero-order valence-corrected chi connectivity index (χ0v) is 17.9. The fraction of sp³-hybridized carbons (Fsp3) is 0.636. The molecule has 27 heavy (non-hydrogen) atoms. The molecule has 1 aliphatic rings. The number of hydrogen-bond donors (Lipinski definition) is 1. The van der Waals surface area contributed by atoms with Crippen LogP contribution in [-0.4, -0.2) is 48.8 Å². The normalized spacial score (nSPS) is 22.9. The van der Waals surface area contributed by atoms with Crippen molar-refractivity contribution in [1.29, 1.82) is 0 Å². The summed E-state index contributed by atoms with van der Waals surface area (Å²) in [5.74, 6) is 1.27. The van der Waals surface area contributed by atoms with Gasteiger partial charge in [-0.1, -0.05) is 58.0 Å². The summed E-state index contributed by atoms with van der Waals surface area (Å²) in [7, 11) is 3.18. The quantitative estimate of drug-likeness (QED) is 0.806. The van der Waals surface area contributed by atoms with Crippen LogP contribution in [0.5, 0.6) is 0 Å². The number of aryl methyl sites for hydroxylation is 1. The lowest BCUT2D eigenvalue weighted by Crippen LogP contribution is -2.51. The predicted octanol–water partition coefficient (Wildman–Crippen LogP) is 4.28. The molecule has 3 atom stereocenters. The second-order valence-corrected chi connectivity index (χ2v) is 7.02. The molecular formula is C22H36N2O3. The maximum absolute atomic E-state index is 10.8. The number of rotatable bonds is 6. The Labute approximate surface area is 164 Å². The molecule has 0 radical (unpaired) electrons. The number of aliphatic hydroxyl groups is 1. The highest BCUT2D eigenvalue weighted by molar-refractivity contribution is 5.97. The van der Waals surface area contributed by atoms with Crippen molar-refractivity contribution >= 4 is 11.8 Å². The monoisotopic (exact) mass is 376 g/mol. The molecule has 1 unspecified atom stereocenters. The van der Waals surface area contributed by atoms with E-state index in [2.05, 4.69) is 31.0 Å². The van der Waals surface area contributed by atoms with Gasteiger partial charge in [0.15, 0.2) is 5.54 Å². The number of aliphatic hydroxyl groups excluding tert-OH is 1. The van der Waals surface area contributed by atoms with E-state index in [4.69, 9.17) is 14.5 Å². The molecule has 1 aliphatic heterocycles. The van der Waals surface area contributed by atoms with Crippen LogP contribution in [0.1, 0.15) is 53.0 Å². The van der Waals surface area contributed by atoms with Gasteiger partial charge in [-0.3, -0.25) is 0 Å². The summed E-state index contributed by atoms with van der Waals surface area (Å²) in [4.78, 5) is 9.37. The van der Waals surface area contributed by atoms with E-state index in [1.54, 1.807) is 14.2 Å². The van der Waals surface area contributed by atoms with Gasteiger partial charge in [-0.2, -0.15) is 0 Å². The first-order valence-corrected chi connectivity index (χ1v) is 9.90. The average molecular weight is 377 g/mol. The molecule has 0 saturated carbocycles. The van der Waals surface area contributed by atoms with E-state index in [1.807, 2.05) is 39.0 Å². The van der Waals surface area contributed by atoms with Gasteiger partial charge in [-0.15, -0.1) is 0 Å². The first-order chi connectivity index (χ1) is 12.9. The third kappa shape index (κ3) is 5.80. The van der Waals surface area contributed by atoms with E-state index in [0.717, 1.165) is 12.8 Å². The van der Waals surface area contributed by atoms with Gasteiger partial charge in [0.1, 0.15) is 6.04 Å². The molecular weight excluding hydrogens is 340 g/mol. The lowest BCUT2D eigenvalue weighted by molar-refractivity contribution is 0.101. The van der Waals surface area contributed by atoms with Crippen molar-refractivity contribution in [1.82, 2.24) is 0 Å². The molecule has 1 aromatic rings. The number of aliphatic imine (C=N–C) groups is 2. The van der Waals surface area contributed by atoms with E-state index in [-0.39, 0.29) is 12.0 Å². The first kappa shape index (κ1) is 23.2. The van der Waals surface area contributed by atoms with Crippen LogP contribution in [0.15, 0.2) is 40.3 Å². The summed E-state index contributed by atoms with van der Waals surface area (Å²) >= 11 is 0. The Kier molecular flexibility index (Phi) is 9.50. The lowest BCUT2D eigenvalue weighted by atomic mass is 9.88. The van der Waals surface area contributed by atoms with Crippen molar-refractivity contribution in [2.24, 2.45) is 15.9 Å². The second-order valence-electron chi connectivity index (χ2n) is 7.02. The first-order valence-electron chi connectivity index (χ1n) is 9.90. The summed E-state index contributed by atoms with van der Waals surface area (Å²) in [6.45, 7) is 9.99. The van der Waals surface area contributed by atoms with Crippen LogP contribution >= 0.6 is 0 Å². The van der Waals surface area contributed by atoms with Crippen LogP contribution < -0.4 is 0 Å². The number of nitrogens with zero attached hydrogens (tertiary/aromatic N) is 2.